The molecule has 4 aromatic rings. The van der Waals surface area contributed by atoms with Crippen molar-refractivity contribution in [1.82, 2.24) is 14.8 Å². The van der Waals surface area contributed by atoms with Gasteiger partial charge in [0.2, 0.25) is 0 Å². The maximum absolute atomic E-state index is 12.4. The summed E-state index contributed by atoms with van der Waals surface area (Å²) in [6.07, 6.45) is -0.427. The molecule has 40 heavy (non-hydrogen) atoms. The Morgan fingerprint density at radius 1 is 1.00 bits per heavy atom. The maximum Gasteiger partial charge on any atom is 0.573 e. The molecule has 5 rings (SSSR count). The fraction of sp³-hybridized carbons (Fsp3) is 0.241. The smallest absolute Gasteiger partial charge is 0.406 e. The van der Waals surface area contributed by atoms with Crippen LogP contribution in [0.5, 0.6) is 5.75 Å². The second kappa shape index (κ2) is 12.0. The van der Waals surface area contributed by atoms with Gasteiger partial charge in [-0.15, -0.1) is 23.4 Å². The molecule has 3 aromatic carbocycles. The summed E-state index contributed by atoms with van der Waals surface area (Å²) >= 11 is 1.71. The van der Waals surface area contributed by atoms with Gasteiger partial charge in [0, 0.05) is 23.5 Å². The number of nitrogens with zero attached hydrogens (tertiary/aromatic N) is 6. The Bertz CT molecular complexity index is 1500. The highest BCUT2D eigenvalue weighted by atomic mass is 32.2. The topological polar surface area (TPSA) is 67.9 Å². The van der Waals surface area contributed by atoms with E-state index in [2.05, 4.69) is 68.0 Å². The summed E-state index contributed by atoms with van der Waals surface area (Å²) in [6, 6.07) is 21.4. The SMILES string of the molecule is CC(C)c1ccccc1N1CCCSC1=NN=Cc1ccc(-c2ncn(-c3ccc(OC(F)(F)F)cc3)n2)cc1. The average Bonchev–Trinajstić information content (AvgIpc) is 3.44. The zero-order valence-corrected chi connectivity index (χ0v) is 22.7. The zero-order chi connectivity index (χ0) is 28.1. The molecule has 0 N–H and O–H groups in total. The van der Waals surface area contributed by atoms with E-state index in [9.17, 15) is 13.2 Å². The van der Waals surface area contributed by atoms with Crippen molar-refractivity contribution in [2.24, 2.45) is 10.2 Å². The number of amidine groups is 1. The summed E-state index contributed by atoms with van der Waals surface area (Å²) in [4.78, 5) is 6.58. The van der Waals surface area contributed by atoms with Crippen molar-refractivity contribution in [2.45, 2.75) is 32.5 Å². The van der Waals surface area contributed by atoms with E-state index in [1.807, 2.05) is 24.3 Å². The molecule has 1 aliphatic heterocycles. The lowest BCUT2D eigenvalue weighted by Crippen LogP contribution is -2.34. The molecule has 206 valence electrons. The van der Waals surface area contributed by atoms with Gasteiger partial charge in [-0.05, 0) is 53.8 Å². The van der Waals surface area contributed by atoms with Crippen molar-refractivity contribution in [3.63, 3.8) is 0 Å². The number of halogens is 3. The average molecular weight is 565 g/mol. The van der Waals surface area contributed by atoms with Crippen LogP contribution in [0.3, 0.4) is 0 Å². The van der Waals surface area contributed by atoms with E-state index in [1.54, 1.807) is 18.0 Å². The highest BCUT2D eigenvalue weighted by Crippen LogP contribution is 2.32. The Balaban J connectivity index is 1.27. The Morgan fingerprint density at radius 2 is 1.75 bits per heavy atom. The normalized spacial score (nSPS) is 15.3. The second-order valence-corrected chi connectivity index (χ2v) is 10.4. The van der Waals surface area contributed by atoms with Crippen molar-refractivity contribution in [2.75, 3.05) is 17.2 Å². The minimum Gasteiger partial charge on any atom is -0.406 e. The molecule has 0 spiro atoms. The molecule has 1 aromatic heterocycles. The van der Waals surface area contributed by atoms with E-state index in [0.717, 1.165) is 35.0 Å². The molecule has 7 nitrogen and oxygen atoms in total. The number of hydrogen-bond acceptors (Lipinski definition) is 6. The van der Waals surface area contributed by atoms with Gasteiger partial charge in [0.15, 0.2) is 11.0 Å². The Morgan fingerprint density at radius 3 is 2.48 bits per heavy atom. The van der Waals surface area contributed by atoms with Gasteiger partial charge in [-0.3, -0.25) is 0 Å². The minimum absolute atomic E-state index is 0.297. The molecule has 1 fully saturated rings. The van der Waals surface area contributed by atoms with Crippen LogP contribution in [-0.2, 0) is 0 Å². The molecule has 0 bridgehead atoms. The van der Waals surface area contributed by atoms with Crippen molar-refractivity contribution < 1.29 is 17.9 Å². The molecule has 0 aliphatic carbocycles. The van der Waals surface area contributed by atoms with Crippen LogP contribution in [0.1, 0.15) is 37.3 Å². The number of alkyl halides is 3. The maximum atomic E-state index is 12.4. The van der Waals surface area contributed by atoms with Gasteiger partial charge in [-0.25, -0.2) is 9.67 Å². The van der Waals surface area contributed by atoms with Crippen molar-refractivity contribution in [3.05, 3.63) is 90.3 Å². The first kappa shape index (κ1) is 27.4. The first-order valence-electron chi connectivity index (χ1n) is 12.8. The summed E-state index contributed by atoms with van der Waals surface area (Å²) in [5.74, 6) is 1.60. The third kappa shape index (κ3) is 6.71. The minimum atomic E-state index is -4.74. The van der Waals surface area contributed by atoms with Gasteiger partial charge in [-0.2, -0.15) is 5.10 Å². The van der Waals surface area contributed by atoms with E-state index in [1.165, 1.54) is 46.5 Å². The third-order valence-electron chi connectivity index (χ3n) is 6.18. The Hall–Kier alpha value is -4.12. The predicted molar refractivity (Wildman–Crippen MR) is 153 cm³/mol. The van der Waals surface area contributed by atoms with E-state index < -0.39 is 6.36 Å². The summed E-state index contributed by atoms with van der Waals surface area (Å²) < 4.78 is 42.6. The number of para-hydroxylation sites is 1. The lowest BCUT2D eigenvalue weighted by Gasteiger charge is -2.31. The van der Waals surface area contributed by atoms with E-state index >= 15 is 0 Å². The lowest BCUT2D eigenvalue weighted by atomic mass is 10.0. The molecule has 11 heteroatoms. The summed E-state index contributed by atoms with van der Waals surface area (Å²) in [7, 11) is 0. The highest BCUT2D eigenvalue weighted by Gasteiger charge is 2.31. The van der Waals surface area contributed by atoms with Crippen molar-refractivity contribution in [1.29, 1.82) is 0 Å². The fourth-order valence-electron chi connectivity index (χ4n) is 4.27. The first-order chi connectivity index (χ1) is 19.3. The summed E-state index contributed by atoms with van der Waals surface area (Å²) in [5, 5.41) is 14.3. The summed E-state index contributed by atoms with van der Waals surface area (Å²) in [6.45, 7) is 5.30. The monoisotopic (exact) mass is 564 g/mol. The second-order valence-electron chi connectivity index (χ2n) is 9.37. The fourth-order valence-corrected chi connectivity index (χ4v) is 5.18. The van der Waals surface area contributed by atoms with Gasteiger partial charge in [0.05, 0.1) is 11.9 Å². The number of aromatic nitrogens is 3. The Kier molecular flexibility index (Phi) is 8.20. The number of anilines is 1. The number of benzene rings is 3. The van der Waals surface area contributed by atoms with Crippen LogP contribution < -0.4 is 9.64 Å². The van der Waals surface area contributed by atoms with Crippen molar-refractivity contribution in [3.8, 4) is 22.8 Å². The highest BCUT2D eigenvalue weighted by molar-refractivity contribution is 8.14. The summed E-state index contributed by atoms with van der Waals surface area (Å²) in [5.41, 5.74) is 4.70. The lowest BCUT2D eigenvalue weighted by molar-refractivity contribution is -0.274. The van der Waals surface area contributed by atoms with Crippen LogP contribution in [0.25, 0.3) is 17.1 Å². The Labute approximate surface area is 234 Å². The van der Waals surface area contributed by atoms with Crippen LogP contribution in [-0.4, -0.2) is 44.8 Å². The number of ether oxygens (including phenoxy) is 1. The van der Waals surface area contributed by atoms with Crippen LogP contribution in [0, 0.1) is 0 Å². The van der Waals surface area contributed by atoms with Crippen LogP contribution in [0.15, 0.2) is 89.3 Å². The molecule has 0 saturated carbocycles. The third-order valence-corrected chi connectivity index (χ3v) is 7.24. The predicted octanol–water partition coefficient (Wildman–Crippen LogP) is 7.29. The number of rotatable bonds is 7. The van der Waals surface area contributed by atoms with Gasteiger partial charge in [-0.1, -0.05) is 68.1 Å². The first-order valence-corrected chi connectivity index (χ1v) is 13.7. The molecule has 0 amide bonds. The van der Waals surface area contributed by atoms with Crippen LogP contribution >= 0.6 is 11.8 Å². The van der Waals surface area contributed by atoms with E-state index in [4.69, 9.17) is 0 Å². The molecule has 1 saturated heterocycles. The van der Waals surface area contributed by atoms with Gasteiger partial charge >= 0.3 is 6.36 Å². The largest absolute Gasteiger partial charge is 0.573 e. The van der Waals surface area contributed by atoms with Gasteiger partial charge in [0.25, 0.3) is 0 Å². The van der Waals surface area contributed by atoms with Crippen molar-refractivity contribution >= 4 is 28.8 Å². The van der Waals surface area contributed by atoms with Gasteiger partial charge in [0.1, 0.15) is 12.1 Å². The molecule has 2 heterocycles. The van der Waals surface area contributed by atoms with E-state index in [-0.39, 0.29) is 5.75 Å². The quantitative estimate of drug-likeness (QED) is 0.174. The van der Waals surface area contributed by atoms with Gasteiger partial charge < -0.3 is 9.64 Å². The van der Waals surface area contributed by atoms with Crippen LogP contribution in [0.2, 0.25) is 0 Å². The molecule has 0 atom stereocenters. The number of thioether (sulfide) groups is 1. The molecule has 0 unspecified atom stereocenters. The van der Waals surface area contributed by atoms with Crippen LogP contribution in [0.4, 0.5) is 18.9 Å². The molecular formula is C29H27F3N6OS. The zero-order valence-electron chi connectivity index (χ0n) is 21.9. The standard InChI is InChI=1S/C29H27F3N6OS/c1-20(2)25-6-3-4-7-26(25)37-16-5-17-40-28(37)35-34-18-21-8-10-22(11-9-21)27-33-19-38(36-27)23-12-14-24(15-13-23)39-29(30,31)32/h3-4,6-15,18-20H,5,16-17H2,1-2H3. The number of hydrogen-bond donors (Lipinski definition) is 0. The molecular weight excluding hydrogens is 537 g/mol. The molecule has 1 aliphatic rings. The molecule has 0 radical (unpaired) electrons. The van der Waals surface area contributed by atoms with E-state index in [0.29, 0.717) is 17.4 Å².